The van der Waals surface area contributed by atoms with Gasteiger partial charge in [0.25, 0.3) is 0 Å². The van der Waals surface area contributed by atoms with Gasteiger partial charge < -0.3 is 0 Å². The van der Waals surface area contributed by atoms with Crippen LogP contribution >= 0.6 is 11.3 Å². The van der Waals surface area contributed by atoms with E-state index in [1.165, 1.54) is 16.2 Å². The topological polar surface area (TPSA) is 62.3 Å². The third kappa shape index (κ3) is 2.74. The van der Waals surface area contributed by atoms with Gasteiger partial charge >= 0.3 is 108 Å². The van der Waals surface area contributed by atoms with Crippen molar-refractivity contribution < 1.29 is 9.59 Å². The summed E-state index contributed by atoms with van der Waals surface area (Å²) < 4.78 is 0.636. The fourth-order valence-electron chi connectivity index (χ4n) is 1.03. The average molecular weight is 419 g/mol. The standard InChI is InChI=1S/C8H10N3O2S.Pb/c1-5-10-7(11(3)4-12)6(14-5)8(13)9-2;/h4H,3H2,1-2H3,(H,9,13);. The molecule has 0 bridgehead atoms. The van der Waals surface area contributed by atoms with Crippen LogP contribution in [0.3, 0.4) is 0 Å². The Morgan fingerprint density at radius 3 is 2.87 bits per heavy atom. The van der Waals surface area contributed by atoms with E-state index in [0.717, 1.165) is 30.8 Å². The number of amides is 2. The van der Waals surface area contributed by atoms with Crippen LogP contribution in [0.5, 0.6) is 0 Å². The Bertz CT molecular complexity index is 380. The van der Waals surface area contributed by atoms with Crippen LogP contribution in [0.4, 0.5) is 5.82 Å². The van der Waals surface area contributed by atoms with E-state index < -0.39 is 0 Å². The summed E-state index contributed by atoms with van der Waals surface area (Å²) in [7, 11) is 1.56. The first-order chi connectivity index (χ1) is 7.13. The van der Waals surface area contributed by atoms with Crippen LogP contribution < -0.4 is 10.2 Å². The summed E-state index contributed by atoms with van der Waals surface area (Å²) in [5.74, 6) is 0.277. The van der Waals surface area contributed by atoms with Gasteiger partial charge in [-0.1, -0.05) is 0 Å². The maximum absolute atomic E-state index is 11.5. The van der Waals surface area contributed by atoms with E-state index in [0.29, 0.717) is 21.2 Å². The molecule has 0 atom stereocenters. The summed E-state index contributed by atoms with van der Waals surface area (Å²) in [5, 5.41) is 3.32. The van der Waals surface area contributed by atoms with Gasteiger partial charge in [-0.05, 0) is 0 Å². The molecule has 0 aliphatic heterocycles. The van der Waals surface area contributed by atoms with Crippen molar-refractivity contribution in [2.24, 2.45) is 0 Å². The van der Waals surface area contributed by atoms with Crippen LogP contribution in [0.15, 0.2) is 0 Å². The molecule has 0 spiro atoms. The second-order valence-electron chi connectivity index (χ2n) is 2.70. The van der Waals surface area contributed by atoms with Crippen LogP contribution in [0.1, 0.15) is 14.7 Å². The number of carbonyl (C=O) groups excluding carboxylic acids is 2. The van der Waals surface area contributed by atoms with Crippen molar-refractivity contribution in [3.05, 3.63) is 9.88 Å². The van der Waals surface area contributed by atoms with E-state index in [1.54, 1.807) is 7.05 Å². The SMILES string of the molecule is CNC(=O)c1sc(C)nc1N(C=O)[CH2][Pb]. The summed E-state index contributed by atoms with van der Waals surface area (Å²) >= 11 is 2.15. The Morgan fingerprint density at radius 2 is 2.40 bits per heavy atom. The van der Waals surface area contributed by atoms with Crippen molar-refractivity contribution in [3.63, 3.8) is 0 Å². The third-order valence-electron chi connectivity index (χ3n) is 1.72. The van der Waals surface area contributed by atoms with E-state index in [4.69, 9.17) is 0 Å². The van der Waals surface area contributed by atoms with E-state index in [9.17, 15) is 9.59 Å². The number of aromatic nitrogens is 1. The number of anilines is 1. The first-order valence-electron chi connectivity index (χ1n) is 4.20. The first kappa shape index (κ1) is 12.6. The van der Waals surface area contributed by atoms with Gasteiger partial charge in [0.05, 0.1) is 0 Å². The molecule has 0 saturated carbocycles. The number of hydrogen-bond acceptors (Lipinski definition) is 4. The fourth-order valence-corrected chi connectivity index (χ4v) is 2.78. The van der Waals surface area contributed by atoms with Gasteiger partial charge in [0, 0.05) is 0 Å². The molecule has 0 aromatic carbocycles. The van der Waals surface area contributed by atoms with Gasteiger partial charge in [-0.25, -0.2) is 0 Å². The van der Waals surface area contributed by atoms with Gasteiger partial charge in [0.1, 0.15) is 0 Å². The van der Waals surface area contributed by atoms with Crippen molar-refractivity contribution in [2.45, 2.75) is 6.92 Å². The Kier molecular flexibility index (Phi) is 4.64. The van der Waals surface area contributed by atoms with Gasteiger partial charge in [-0.3, -0.25) is 0 Å². The van der Waals surface area contributed by atoms with Crippen molar-refractivity contribution >= 4 is 55.2 Å². The number of hydrogen-bond donors (Lipinski definition) is 1. The minimum absolute atomic E-state index is 0.197. The maximum atomic E-state index is 11.5. The molecule has 7 heteroatoms. The van der Waals surface area contributed by atoms with Crippen LogP contribution in [0.2, 0.25) is 0 Å². The molecule has 1 rings (SSSR count). The van der Waals surface area contributed by atoms with E-state index >= 15 is 0 Å². The second-order valence-corrected chi connectivity index (χ2v) is 5.13. The fraction of sp³-hybridized carbons (Fsp3) is 0.375. The van der Waals surface area contributed by atoms with E-state index in [-0.39, 0.29) is 5.91 Å². The molecule has 1 heterocycles. The van der Waals surface area contributed by atoms with Crippen LogP contribution in [0, 0.1) is 6.92 Å². The van der Waals surface area contributed by atoms with Crippen molar-refractivity contribution in [3.8, 4) is 0 Å². The molecule has 0 aliphatic carbocycles. The molecule has 1 aromatic rings. The van der Waals surface area contributed by atoms with Crippen molar-refractivity contribution in [2.75, 3.05) is 16.1 Å². The Balaban J connectivity index is 3.15. The molecule has 15 heavy (non-hydrogen) atoms. The summed E-state index contributed by atoms with van der Waals surface area (Å²) in [4.78, 5) is 28.5. The van der Waals surface area contributed by atoms with Gasteiger partial charge in [-0.2, -0.15) is 0 Å². The van der Waals surface area contributed by atoms with Crippen LogP contribution in [-0.2, 0) is 4.79 Å². The second kappa shape index (κ2) is 5.54. The predicted octanol–water partition coefficient (Wildman–Crippen LogP) is -0.100. The predicted molar refractivity (Wildman–Crippen MR) is 59.4 cm³/mol. The Hall–Kier alpha value is -0.508. The summed E-state index contributed by atoms with van der Waals surface area (Å²) in [6, 6.07) is 0. The molecule has 0 saturated heterocycles. The summed E-state index contributed by atoms with van der Waals surface area (Å²) in [6.45, 7) is 1.82. The van der Waals surface area contributed by atoms with Gasteiger partial charge in [0.2, 0.25) is 0 Å². The molecule has 0 aliphatic rings. The molecule has 79 valence electrons. The molecule has 1 N–H and O–H groups in total. The monoisotopic (exact) mass is 420 g/mol. The number of nitrogens with one attached hydrogen (secondary N) is 1. The number of carbonyl (C=O) groups is 2. The molecule has 2 amide bonds. The van der Waals surface area contributed by atoms with Crippen LogP contribution in [-0.4, -0.2) is 54.2 Å². The zero-order chi connectivity index (χ0) is 11.4. The average Bonchev–Trinajstić information content (AvgIpc) is 2.61. The quantitative estimate of drug-likeness (QED) is 0.548. The first-order valence-corrected chi connectivity index (χ1v) is 7.76. The number of nitrogens with zero attached hydrogens (tertiary/aromatic N) is 2. The number of thiazole rings is 1. The third-order valence-corrected chi connectivity index (χ3v) is 4.00. The minimum atomic E-state index is -0.197. The van der Waals surface area contributed by atoms with Crippen LogP contribution in [0.25, 0.3) is 0 Å². The Labute approximate surface area is 108 Å². The van der Waals surface area contributed by atoms with E-state index in [1.807, 2.05) is 6.92 Å². The molecule has 5 nitrogen and oxygen atoms in total. The zero-order valence-electron chi connectivity index (χ0n) is 8.40. The van der Waals surface area contributed by atoms with Gasteiger partial charge in [0.15, 0.2) is 0 Å². The zero-order valence-corrected chi connectivity index (χ0v) is 13.1. The number of rotatable bonds is 4. The van der Waals surface area contributed by atoms with Crippen molar-refractivity contribution in [1.29, 1.82) is 0 Å². The van der Waals surface area contributed by atoms with Gasteiger partial charge in [-0.15, -0.1) is 0 Å². The van der Waals surface area contributed by atoms with E-state index in [2.05, 4.69) is 10.3 Å². The summed E-state index contributed by atoms with van der Waals surface area (Å²) in [5.41, 5.74) is 0. The normalized spacial score (nSPS) is 9.80. The molecule has 1 aromatic heterocycles. The molecule has 0 unspecified atom stereocenters. The molecular formula is C8H10N3O2PbS. The number of aryl methyl sites for hydroxylation is 1. The van der Waals surface area contributed by atoms with Crippen molar-refractivity contribution in [1.82, 2.24) is 10.3 Å². The Morgan fingerprint density at radius 1 is 1.73 bits per heavy atom. The molecule has 3 radical (unpaired) electrons. The molecular weight excluding hydrogens is 409 g/mol. The summed E-state index contributed by atoms with van der Waals surface area (Å²) in [6.07, 6.45) is 0.716. The molecule has 0 fully saturated rings.